The average molecular weight is 315 g/mol. The van der Waals surface area contributed by atoms with Gasteiger partial charge in [0.1, 0.15) is 0 Å². The lowest BCUT2D eigenvalue weighted by Crippen LogP contribution is -2.36. The van der Waals surface area contributed by atoms with Crippen LogP contribution in [0.5, 0.6) is 0 Å². The van der Waals surface area contributed by atoms with Crippen molar-refractivity contribution in [2.24, 2.45) is 7.05 Å². The number of amides is 1. The van der Waals surface area contributed by atoms with Crippen LogP contribution in [-0.2, 0) is 17.3 Å². The molecule has 23 heavy (non-hydrogen) atoms. The predicted octanol–water partition coefficient (Wildman–Crippen LogP) is 2.25. The maximum absolute atomic E-state index is 12.4. The second-order valence-electron chi connectivity index (χ2n) is 6.61. The van der Waals surface area contributed by atoms with Gasteiger partial charge in [-0.15, -0.1) is 0 Å². The number of nitrogens with zero attached hydrogens (tertiary/aromatic N) is 2. The van der Waals surface area contributed by atoms with E-state index in [4.69, 9.17) is 0 Å². The summed E-state index contributed by atoms with van der Waals surface area (Å²) >= 11 is 0. The Morgan fingerprint density at radius 3 is 2.48 bits per heavy atom. The van der Waals surface area contributed by atoms with Gasteiger partial charge in [0, 0.05) is 19.7 Å². The van der Waals surface area contributed by atoms with Crippen LogP contribution in [0.25, 0.3) is 0 Å². The van der Waals surface area contributed by atoms with E-state index in [0.717, 1.165) is 11.3 Å². The first-order chi connectivity index (χ1) is 10.8. The number of carbonyl (C=O) groups excluding carboxylic acids is 1. The highest BCUT2D eigenvalue weighted by atomic mass is 16.3. The number of aromatic nitrogens is 2. The average Bonchev–Trinajstić information content (AvgIpc) is 2.91. The normalized spacial score (nSPS) is 12.9. The Morgan fingerprint density at radius 1 is 1.30 bits per heavy atom. The van der Waals surface area contributed by atoms with Gasteiger partial charge in [-0.3, -0.25) is 9.48 Å². The summed E-state index contributed by atoms with van der Waals surface area (Å²) in [6, 6.07) is 9.60. The van der Waals surface area contributed by atoms with Crippen molar-refractivity contribution in [2.45, 2.75) is 38.6 Å². The van der Waals surface area contributed by atoms with E-state index in [2.05, 4.69) is 48.5 Å². The maximum Gasteiger partial charge on any atom is 0.221 e. The molecule has 1 amide bonds. The van der Waals surface area contributed by atoms with Crippen molar-refractivity contribution in [3.05, 3.63) is 53.3 Å². The monoisotopic (exact) mass is 315 g/mol. The van der Waals surface area contributed by atoms with Gasteiger partial charge in [0.25, 0.3) is 0 Å². The van der Waals surface area contributed by atoms with Crippen LogP contribution in [0, 0.1) is 6.92 Å². The van der Waals surface area contributed by atoms with Crippen molar-refractivity contribution in [1.29, 1.82) is 0 Å². The van der Waals surface area contributed by atoms with Gasteiger partial charge in [0.05, 0.1) is 18.3 Å². The van der Waals surface area contributed by atoms with Crippen LogP contribution in [-0.4, -0.2) is 27.4 Å². The van der Waals surface area contributed by atoms with Gasteiger partial charge in [-0.2, -0.15) is 5.10 Å². The van der Waals surface area contributed by atoms with Gasteiger partial charge in [0.15, 0.2) is 0 Å². The molecule has 0 fully saturated rings. The SMILES string of the molecule is Cc1ccc(C(C)(C)CC(=O)NC(CO)c2ccnn2C)cc1. The van der Waals surface area contributed by atoms with Gasteiger partial charge in [0.2, 0.25) is 5.91 Å². The number of aryl methyl sites for hydroxylation is 2. The van der Waals surface area contributed by atoms with E-state index in [0.29, 0.717) is 6.42 Å². The number of hydrogen-bond donors (Lipinski definition) is 2. The zero-order chi connectivity index (χ0) is 17.0. The Balaban J connectivity index is 2.05. The van der Waals surface area contributed by atoms with E-state index in [1.54, 1.807) is 24.0 Å². The molecule has 1 heterocycles. The molecule has 0 saturated heterocycles. The van der Waals surface area contributed by atoms with E-state index in [1.807, 2.05) is 6.92 Å². The molecule has 5 heteroatoms. The van der Waals surface area contributed by atoms with Crippen LogP contribution in [0.1, 0.15) is 43.1 Å². The third kappa shape index (κ3) is 4.20. The molecular weight excluding hydrogens is 290 g/mol. The van der Waals surface area contributed by atoms with Crippen molar-refractivity contribution in [3.8, 4) is 0 Å². The zero-order valence-electron chi connectivity index (χ0n) is 14.2. The quantitative estimate of drug-likeness (QED) is 0.859. The van der Waals surface area contributed by atoms with Crippen LogP contribution < -0.4 is 5.32 Å². The van der Waals surface area contributed by atoms with E-state index < -0.39 is 6.04 Å². The third-order valence-corrected chi connectivity index (χ3v) is 4.17. The molecule has 124 valence electrons. The van der Waals surface area contributed by atoms with Crippen molar-refractivity contribution >= 4 is 5.91 Å². The lowest BCUT2D eigenvalue weighted by atomic mass is 9.81. The second-order valence-corrected chi connectivity index (χ2v) is 6.61. The molecule has 1 unspecified atom stereocenters. The fraction of sp³-hybridized carbons (Fsp3) is 0.444. The summed E-state index contributed by atoms with van der Waals surface area (Å²) in [5, 5.41) is 16.5. The lowest BCUT2D eigenvalue weighted by Gasteiger charge is -2.26. The number of carbonyl (C=O) groups is 1. The molecule has 0 radical (unpaired) electrons. The summed E-state index contributed by atoms with van der Waals surface area (Å²) in [4.78, 5) is 12.4. The van der Waals surface area contributed by atoms with Gasteiger partial charge in [-0.25, -0.2) is 0 Å². The molecule has 0 aliphatic rings. The van der Waals surface area contributed by atoms with E-state index in [1.165, 1.54) is 5.56 Å². The second kappa shape index (κ2) is 6.96. The third-order valence-electron chi connectivity index (χ3n) is 4.17. The maximum atomic E-state index is 12.4. The fourth-order valence-corrected chi connectivity index (χ4v) is 2.69. The minimum Gasteiger partial charge on any atom is -0.394 e. The van der Waals surface area contributed by atoms with Crippen molar-refractivity contribution in [3.63, 3.8) is 0 Å². The Morgan fingerprint density at radius 2 is 1.96 bits per heavy atom. The molecule has 1 atom stereocenters. The first-order valence-corrected chi connectivity index (χ1v) is 7.79. The fourth-order valence-electron chi connectivity index (χ4n) is 2.69. The molecule has 2 N–H and O–H groups in total. The molecule has 1 aromatic carbocycles. The number of aliphatic hydroxyl groups excluding tert-OH is 1. The Bertz CT molecular complexity index is 659. The standard InChI is InChI=1S/C18H25N3O2/c1-13-5-7-14(8-6-13)18(2,3)11-17(23)20-15(12-22)16-9-10-19-21(16)4/h5-10,15,22H,11-12H2,1-4H3,(H,20,23). The first-order valence-electron chi connectivity index (χ1n) is 7.79. The van der Waals surface area contributed by atoms with Crippen molar-refractivity contribution < 1.29 is 9.90 Å². The summed E-state index contributed by atoms with van der Waals surface area (Å²) in [5.41, 5.74) is 2.84. The molecule has 0 saturated carbocycles. The summed E-state index contributed by atoms with van der Waals surface area (Å²) in [5.74, 6) is -0.0872. The zero-order valence-corrected chi connectivity index (χ0v) is 14.2. The highest BCUT2D eigenvalue weighted by Gasteiger charge is 2.26. The molecule has 0 spiro atoms. The molecule has 0 aliphatic carbocycles. The minimum absolute atomic E-state index is 0.0872. The van der Waals surface area contributed by atoms with Crippen LogP contribution in [0.15, 0.2) is 36.5 Å². The van der Waals surface area contributed by atoms with Crippen molar-refractivity contribution in [1.82, 2.24) is 15.1 Å². The van der Waals surface area contributed by atoms with Crippen LogP contribution in [0.3, 0.4) is 0 Å². The number of hydrogen-bond acceptors (Lipinski definition) is 3. The van der Waals surface area contributed by atoms with E-state index in [-0.39, 0.29) is 17.9 Å². The molecule has 0 bridgehead atoms. The number of rotatable bonds is 6. The minimum atomic E-state index is -0.441. The van der Waals surface area contributed by atoms with Gasteiger partial charge in [-0.1, -0.05) is 43.7 Å². The smallest absolute Gasteiger partial charge is 0.221 e. The molecule has 1 aromatic heterocycles. The summed E-state index contributed by atoms with van der Waals surface area (Å²) < 4.78 is 1.66. The summed E-state index contributed by atoms with van der Waals surface area (Å²) in [7, 11) is 1.79. The number of nitrogens with one attached hydrogen (secondary N) is 1. The van der Waals surface area contributed by atoms with Crippen LogP contribution >= 0.6 is 0 Å². The van der Waals surface area contributed by atoms with E-state index >= 15 is 0 Å². The number of benzene rings is 1. The van der Waals surface area contributed by atoms with E-state index in [9.17, 15) is 9.90 Å². The Labute approximate surface area is 137 Å². The molecule has 2 aromatic rings. The number of aliphatic hydroxyl groups is 1. The largest absolute Gasteiger partial charge is 0.394 e. The summed E-state index contributed by atoms with van der Waals surface area (Å²) in [6.07, 6.45) is 2.00. The molecular formula is C18H25N3O2. The Kier molecular flexibility index (Phi) is 5.21. The highest BCUT2D eigenvalue weighted by molar-refractivity contribution is 5.78. The lowest BCUT2D eigenvalue weighted by molar-refractivity contribution is -0.123. The first kappa shape index (κ1) is 17.2. The molecule has 5 nitrogen and oxygen atoms in total. The molecule has 0 aliphatic heterocycles. The van der Waals surface area contributed by atoms with Gasteiger partial charge >= 0.3 is 0 Å². The van der Waals surface area contributed by atoms with Gasteiger partial charge in [-0.05, 0) is 24.0 Å². The summed E-state index contributed by atoms with van der Waals surface area (Å²) in [6.45, 7) is 5.99. The van der Waals surface area contributed by atoms with Crippen LogP contribution in [0.2, 0.25) is 0 Å². The molecule has 2 rings (SSSR count). The topological polar surface area (TPSA) is 67.2 Å². The van der Waals surface area contributed by atoms with Crippen molar-refractivity contribution in [2.75, 3.05) is 6.61 Å². The van der Waals surface area contributed by atoms with Gasteiger partial charge < -0.3 is 10.4 Å². The predicted molar refractivity (Wildman–Crippen MR) is 90.0 cm³/mol. The Hall–Kier alpha value is -2.14. The highest BCUT2D eigenvalue weighted by Crippen LogP contribution is 2.27. The van der Waals surface area contributed by atoms with Crippen LogP contribution in [0.4, 0.5) is 0 Å².